The molecular weight excluding hydrogens is 134 g/mol. The molecule has 0 aliphatic heterocycles. The maximum absolute atomic E-state index is 10.5. The smallest absolute Gasteiger partial charge is 0.325 e. The molecule has 4 nitrogen and oxygen atoms in total. The van der Waals surface area contributed by atoms with Gasteiger partial charge in [-0.25, -0.2) is 0 Å². The van der Waals surface area contributed by atoms with Gasteiger partial charge in [-0.15, -0.1) is 0 Å². The predicted octanol–water partition coefficient (Wildman–Crippen LogP) is -0.405. The molecule has 0 saturated carbocycles. The highest BCUT2D eigenvalue weighted by Gasteiger charge is 2.02. The van der Waals surface area contributed by atoms with Crippen LogP contribution in [0.4, 0.5) is 0 Å². The third kappa shape index (κ3) is 5.08. The van der Waals surface area contributed by atoms with Crippen molar-refractivity contribution >= 4 is 12.4 Å². The molecule has 1 radical (unpaired) electrons. The normalized spacial score (nSPS) is 9.10. The van der Waals surface area contributed by atoms with Crippen molar-refractivity contribution in [2.24, 2.45) is 0 Å². The Labute approximate surface area is 59.6 Å². The van der Waals surface area contributed by atoms with Crippen LogP contribution in [-0.2, 0) is 14.3 Å². The third-order valence-corrected chi connectivity index (χ3v) is 0.672. The molecule has 10 heavy (non-hydrogen) atoms. The molecule has 4 heteroatoms. The zero-order valence-corrected chi connectivity index (χ0v) is 6.01. The summed E-state index contributed by atoms with van der Waals surface area (Å²) < 4.78 is 4.67. The summed E-state index contributed by atoms with van der Waals surface area (Å²) in [5, 5.41) is 2.07. The molecule has 0 heterocycles. The highest BCUT2D eigenvalue weighted by Crippen LogP contribution is 1.86. The van der Waals surface area contributed by atoms with Crippen LogP contribution in [0.15, 0.2) is 0 Å². The Morgan fingerprint density at radius 1 is 1.70 bits per heavy atom. The van der Waals surface area contributed by atoms with Crippen LogP contribution < -0.4 is 5.32 Å². The van der Waals surface area contributed by atoms with Crippen molar-refractivity contribution in [3.63, 3.8) is 0 Å². The van der Waals surface area contributed by atoms with Crippen molar-refractivity contribution < 1.29 is 14.3 Å². The molecule has 0 aromatic rings. The van der Waals surface area contributed by atoms with Gasteiger partial charge >= 0.3 is 12.4 Å². The number of hydrogen-bond acceptors (Lipinski definition) is 3. The number of rotatable bonds is 4. The highest BCUT2D eigenvalue weighted by molar-refractivity contribution is 5.74. The highest BCUT2D eigenvalue weighted by atomic mass is 16.5. The maximum atomic E-state index is 10.5. The average Bonchev–Trinajstić information content (AvgIpc) is 1.82. The molecule has 0 rings (SSSR count). The lowest BCUT2D eigenvalue weighted by Gasteiger charge is -2.05. The first-order valence-electron chi connectivity index (χ1n) is 2.96. The Kier molecular flexibility index (Phi) is 4.28. The standard InChI is InChI=1S/C6H10NO3/c1-5(2)10-6(9)3-7-4-8/h5H,3H2,1-2H3,(H,7,8). The van der Waals surface area contributed by atoms with E-state index >= 15 is 0 Å². The van der Waals surface area contributed by atoms with Crippen LogP contribution in [0.25, 0.3) is 0 Å². The lowest BCUT2D eigenvalue weighted by molar-refractivity contribution is -0.145. The Hall–Kier alpha value is -1.06. The number of nitrogens with one attached hydrogen (secondary N) is 1. The predicted molar refractivity (Wildman–Crippen MR) is 34.9 cm³/mol. The first kappa shape index (κ1) is 8.94. The summed E-state index contributed by atoms with van der Waals surface area (Å²) >= 11 is 0. The van der Waals surface area contributed by atoms with Crippen molar-refractivity contribution in [2.45, 2.75) is 20.0 Å². The molecule has 0 fully saturated rings. The van der Waals surface area contributed by atoms with Crippen LogP contribution in [0, 0.1) is 0 Å². The lowest BCUT2D eigenvalue weighted by Crippen LogP contribution is -2.25. The summed E-state index contributed by atoms with van der Waals surface area (Å²) in [5.41, 5.74) is 0. The molecule has 0 aliphatic carbocycles. The van der Waals surface area contributed by atoms with Gasteiger partial charge in [-0.05, 0) is 13.8 Å². The van der Waals surface area contributed by atoms with Gasteiger partial charge in [0.1, 0.15) is 6.54 Å². The minimum atomic E-state index is -0.446. The number of carbonyl (C=O) groups is 1. The summed E-state index contributed by atoms with van der Waals surface area (Å²) in [6.07, 6.45) is 1.23. The summed E-state index contributed by atoms with van der Waals surface area (Å²) in [4.78, 5) is 20.1. The van der Waals surface area contributed by atoms with Crippen molar-refractivity contribution in [3.8, 4) is 0 Å². The van der Waals surface area contributed by atoms with Gasteiger partial charge < -0.3 is 10.1 Å². The summed E-state index contributed by atoms with van der Waals surface area (Å²) in [6, 6.07) is 0. The Morgan fingerprint density at radius 2 is 2.30 bits per heavy atom. The van der Waals surface area contributed by atoms with Gasteiger partial charge in [0.05, 0.1) is 6.10 Å². The van der Waals surface area contributed by atoms with Crippen molar-refractivity contribution in [3.05, 3.63) is 0 Å². The van der Waals surface area contributed by atoms with Crippen LogP contribution in [0.5, 0.6) is 0 Å². The first-order valence-corrected chi connectivity index (χ1v) is 2.96. The van der Waals surface area contributed by atoms with E-state index in [9.17, 15) is 9.59 Å². The van der Waals surface area contributed by atoms with Gasteiger partial charge in [0.2, 0.25) is 0 Å². The lowest BCUT2D eigenvalue weighted by atomic mass is 10.5. The van der Waals surface area contributed by atoms with Gasteiger partial charge in [-0.2, -0.15) is 0 Å². The van der Waals surface area contributed by atoms with Gasteiger partial charge in [-0.1, -0.05) is 0 Å². The van der Waals surface area contributed by atoms with Gasteiger partial charge in [-0.3, -0.25) is 9.59 Å². The number of ether oxygens (including phenoxy) is 1. The van der Waals surface area contributed by atoms with E-state index in [0.29, 0.717) is 0 Å². The monoisotopic (exact) mass is 144 g/mol. The fraction of sp³-hybridized carbons (Fsp3) is 0.667. The second-order valence-electron chi connectivity index (χ2n) is 1.99. The van der Waals surface area contributed by atoms with Crippen molar-refractivity contribution in [2.75, 3.05) is 6.54 Å². The van der Waals surface area contributed by atoms with Gasteiger partial charge in [0, 0.05) is 0 Å². The second-order valence-corrected chi connectivity index (χ2v) is 1.99. The molecule has 0 bridgehead atoms. The minimum absolute atomic E-state index is 0.109. The zero-order valence-electron chi connectivity index (χ0n) is 6.01. The molecular formula is C6H10NO3. The van der Waals surface area contributed by atoms with Crippen LogP contribution in [0.2, 0.25) is 0 Å². The van der Waals surface area contributed by atoms with E-state index in [1.54, 1.807) is 13.8 Å². The average molecular weight is 144 g/mol. The molecule has 1 N–H and O–H groups in total. The molecule has 0 atom stereocenters. The molecule has 0 saturated heterocycles. The Bertz CT molecular complexity index is 122. The largest absolute Gasteiger partial charge is 0.462 e. The van der Waals surface area contributed by atoms with Crippen LogP contribution >= 0.6 is 0 Å². The van der Waals surface area contributed by atoms with E-state index in [0.717, 1.165) is 0 Å². The fourth-order valence-corrected chi connectivity index (χ4v) is 0.413. The van der Waals surface area contributed by atoms with E-state index in [2.05, 4.69) is 10.1 Å². The third-order valence-electron chi connectivity index (χ3n) is 0.672. The quantitative estimate of drug-likeness (QED) is 0.431. The molecule has 0 aliphatic rings. The molecule has 0 aromatic carbocycles. The van der Waals surface area contributed by atoms with Gasteiger partial charge in [0.25, 0.3) is 0 Å². The Balaban J connectivity index is 3.34. The number of esters is 1. The van der Waals surface area contributed by atoms with E-state index < -0.39 is 5.97 Å². The summed E-state index contributed by atoms with van der Waals surface area (Å²) in [6.45, 7) is 3.37. The number of amides is 1. The van der Waals surface area contributed by atoms with Crippen LogP contribution in [0.3, 0.4) is 0 Å². The molecule has 1 amide bonds. The molecule has 0 unspecified atom stereocenters. The molecule has 57 valence electrons. The van der Waals surface area contributed by atoms with Crippen LogP contribution in [0.1, 0.15) is 13.8 Å². The zero-order chi connectivity index (χ0) is 7.98. The molecule has 0 aromatic heterocycles. The van der Waals surface area contributed by atoms with Crippen LogP contribution in [-0.4, -0.2) is 25.0 Å². The minimum Gasteiger partial charge on any atom is -0.462 e. The second kappa shape index (κ2) is 4.78. The SMILES string of the molecule is CC(C)OC(=O)CN[C]=O. The maximum Gasteiger partial charge on any atom is 0.325 e. The number of carbonyl (C=O) groups excluding carboxylic acids is 2. The van der Waals surface area contributed by atoms with E-state index in [1.807, 2.05) is 0 Å². The topological polar surface area (TPSA) is 55.4 Å². The van der Waals surface area contributed by atoms with Crippen molar-refractivity contribution in [1.29, 1.82) is 0 Å². The van der Waals surface area contributed by atoms with Gasteiger partial charge in [0.15, 0.2) is 0 Å². The summed E-state index contributed by atoms with van der Waals surface area (Å²) in [7, 11) is 0. The fourth-order valence-electron chi connectivity index (χ4n) is 0.413. The number of hydrogen-bond donors (Lipinski definition) is 1. The molecule has 0 spiro atoms. The van der Waals surface area contributed by atoms with E-state index in [1.165, 1.54) is 6.41 Å². The van der Waals surface area contributed by atoms with E-state index in [4.69, 9.17) is 0 Å². The van der Waals surface area contributed by atoms with Crippen molar-refractivity contribution in [1.82, 2.24) is 5.32 Å². The summed E-state index contributed by atoms with van der Waals surface area (Å²) in [5.74, 6) is -0.446. The Morgan fingerprint density at radius 3 is 2.70 bits per heavy atom. The van der Waals surface area contributed by atoms with E-state index in [-0.39, 0.29) is 12.6 Å². The first-order chi connectivity index (χ1) is 4.66.